The minimum absolute atomic E-state index is 0.321. The van der Waals surface area contributed by atoms with E-state index in [1.807, 2.05) is 0 Å². The van der Waals surface area contributed by atoms with E-state index < -0.39 is 13.0 Å². The van der Waals surface area contributed by atoms with E-state index in [0.717, 1.165) is 11.8 Å². The molecule has 0 aliphatic carbocycles. The number of aromatic nitrogens is 2. The highest BCUT2D eigenvalue weighted by atomic mass is 19.4. The Balaban J connectivity index is 2.01. The fourth-order valence-electron chi connectivity index (χ4n) is 2.45. The largest absolute Gasteiger partial charge is 0.573 e. The summed E-state index contributed by atoms with van der Waals surface area (Å²) < 4.78 is 69.5. The monoisotopic (exact) mass is 370 g/mol. The van der Waals surface area contributed by atoms with E-state index in [1.165, 1.54) is 24.3 Å². The second-order valence-corrected chi connectivity index (χ2v) is 5.34. The van der Waals surface area contributed by atoms with Crippen molar-refractivity contribution in [2.24, 2.45) is 0 Å². The molecule has 0 fully saturated rings. The first-order valence-corrected chi connectivity index (χ1v) is 7.30. The number of alkyl halides is 5. The third-order valence-corrected chi connectivity index (χ3v) is 3.38. The van der Waals surface area contributed by atoms with E-state index in [9.17, 15) is 22.0 Å². The third-order valence-electron chi connectivity index (χ3n) is 3.38. The number of aryl methyl sites for hydroxylation is 1. The maximum atomic E-state index is 12.3. The Morgan fingerprint density at radius 2 is 1.73 bits per heavy atom. The van der Waals surface area contributed by atoms with Gasteiger partial charge in [0.15, 0.2) is 0 Å². The predicted octanol–water partition coefficient (Wildman–Crippen LogP) is 5.11. The molecule has 1 aromatic heterocycles. The van der Waals surface area contributed by atoms with E-state index in [-0.39, 0.29) is 11.6 Å². The minimum atomic E-state index is -4.77. The molecular weight excluding hydrogens is 359 g/mol. The molecular formula is C17H11F5N2O2. The number of hydrogen-bond donors (Lipinski definition) is 0. The van der Waals surface area contributed by atoms with E-state index in [2.05, 4.69) is 19.4 Å². The first-order chi connectivity index (χ1) is 12.2. The SMILES string of the molecule is Cc1cc(-c2ccc(OC(F)(F)F)cc2)c2ncc(OC(F)F)nc2c1. The van der Waals surface area contributed by atoms with Crippen molar-refractivity contribution in [3.05, 3.63) is 48.2 Å². The second-order valence-electron chi connectivity index (χ2n) is 5.34. The first-order valence-electron chi connectivity index (χ1n) is 7.30. The summed E-state index contributed by atoms with van der Waals surface area (Å²) in [4.78, 5) is 8.09. The van der Waals surface area contributed by atoms with Gasteiger partial charge in [-0.15, -0.1) is 13.2 Å². The fraction of sp³-hybridized carbons (Fsp3) is 0.176. The van der Waals surface area contributed by atoms with Crippen molar-refractivity contribution < 1.29 is 31.4 Å². The number of halogens is 5. The van der Waals surface area contributed by atoms with Gasteiger partial charge in [0.25, 0.3) is 0 Å². The Labute approximate surface area is 144 Å². The van der Waals surface area contributed by atoms with Crippen LogP contribution in [0.15, 0.2) is 42.6 Å². The van der Waals surface area contributed by atoms with Gasteiger partial charge in [0.1, 0.15) is 5.75 Å². The van der Waals surface area contributed by atoms with Crippen molar-refractivity contribution >= 4 is 11.0 Å². The number of fused-ring (bicyclic) bond motifs is 1. The maximum absolute atomic E-state index is 12.3. The van der Waals surface area contributed by atoms with E-state index in [4.69, 9.17) is 0 Å². The summed E-state index contributed by atoms with van der Waals surface area (Å²) in [5.41, 5.74) is 2.67. The van der Waals surface area contributed by atoms with Gasteiger partial charge in [0.2, 0.25) is 5.88 Å². The molecule has 3 aromatic rings. The van der Waals surface area contributed by atoms with Crippen molar-refractivity contribution in [2.75, 3.05) is 0 Å². The highest BCUT2D eigenvalue weighted by molar-refractivity contribution is 5.92. The number of benzene rings is 2. The van der Waals surface area contributed by atoms with Gasteiger partial charge in [0.05, 0.1) is 17.2 Å². The van der Waals surface area contributed by atoms with Crippen LogP contribution in [-0.4, -0.2) is 22.9 Å². The van der Waals surface area contributed by atoms with Crippen LogP contribution in [0.3, 0.4) is 0 Å². The summed E-state index contributed by atoms with van der Waals surface area (Å²) in [7, 11) is 0. The fourth-order valence-corrected chi connectivity index (χ4v) is 2.45. The maximum Gasteiger partial charge on any atom is 0.573 e. The van der Waals surface area contributed by atoms with Crippen LogP contribution in [0, 0.1) is 6.92 Å². The molecule has 0 N–H and O–H groups in total. The first kappa shape index (κ1) is 17.8. The Morgan fingerprint density at radius 1 is 1.04 bits per heavy atom. The molecule has 1 heterocycles. The molecule has 136 valence electrons. The molecule has 0 spiro atoms. The van der Waals surface area contributed by atoms with Crippen LogP contribution in [0.25, 0.3) is 22.2 Å². The van der Waals surface area contributed by atoms with Crippen LogP contribution in [0.2, 0.25) is 0 Å². The van der Waals surface area contributed by atoms with Crippen LogP contribution in [-0.2, 0) is 0 Å². The van der Waals surface area contributed by atoms with E-state index in [0.29, 0.717) is 22.2 Å². The number of hydrogen-bond acceptors (Lipinski definition) is 4. The smallest absolute Gasteiger partial charge is 0.415 e. The van der Waals surface area contributed by atoms with Crippen LogP contribution in [0.4, 0.5) is 22.0 Å². The van der Waals surface area contributed by atoms with Gasteiger partial charge in [0, 0.05) is 5.56 Å². The van der Waals surface area contributed by atoms with Gasteiger partial charge in [-0.05, 0) is 42.3 Å². The highest BCUT2D eigenvalue weighted by Gasteiger charge is 2.31. The van der Waals surface area contributed by atoms with Crippen molar-refractivity contribution in [3.63, 3.8) is 0 Å². The lowest BCUT2D eigenvalue weighted by Gasteiger charge is -2.11. The van der Waals surface area contributed by atoms with Gasteiger partial charge in [-0.2, -0.15) is 8.78 Å². The molecule has 0 saturated carbocycles. The highest BCUT2D eigenvalue weighted by Crippen LogP contribution is 2.31. The molecule has 0 amide bonds. The average molecular weight is 370 g/mol. The summed E-state index contributed by atoms with van der Waals surface area (Å²) >= 11 is 0. The summed E-state index contributed by atoms with van der Waals surface area (Å²) in [6.07, 6.45) is -3.71. The van der Waals surface area contributed by atoms with Crippen molar-refractivity contribution in [3.8, 4) is 22.8 Å². The van der Waals surface area contributed by atoms with Crippen molar-refractivity contribution in [2.45, 2.75) is 19.9 Å². The van der Waals surface area contributed by atoms with E-state index >= 15 is 0 Å². The lowest BCUT2D eigenvalue weighted by Crippen LogP contribution is -2.16. The van der Waals surface area contributed by atoms with Crippen LogP contribution < -0.4 is 9.47 Å². The zero-order valence-electron chi connectivity index (χ0n) is 13.2. The van der Waals surface area contributed by atoms with Gasteiger partial charge >= 0.3 is 13.0 Å². The molecule has 0 aliphatic rings. The third kappa shape index (κ3) is 4.16. The molecule has 0 atom stereocenters. The number of rotatable bonds is 4. The number of nitrogens with zero attached hydrogens (tertiary/aromatic N) is 2. The predicted molar refractivity (Wildman–Crippen MR) is 83.0 cm³/mol. The Morgan fingerprint density at radius 3 is 2.35 bits per heavy atom. The molecule has 9 heteroatoms. The Hall–Kier alpha value is -2.97. The van der Waals surface area contributed by atoms with Crippen LogP contribution >= 0.6 is 0 Å². The summed E-state index contributed by atoms with van der Waals surface area (Å²) in [6, 6.07) is 8.66. The van der Waals surface area contributed by atoms with Gasteiger partial charge in [-0.1, -0.05) is 12.1 Å². The minimum Gasteiger partial charge on any atom is -0.415 e. The standard InChI is InChI=1S/C17H11F5N2O2/c1-9-6-12(10-2-4-11(5-3-10)26-17(20,21)22)15-13(7-9)24-14(8-23-15)25-16(18)19/h2-8,16H,1H3. The zero-order valence-corrected chi connectivity index (χ0v) is 13.2. The summed E-state index contributed by atoms with van der Waals surface area (Å²) in [5.74, 6) is -0.671. The Bertz CT molecular complexity index is 927. The second kappa shape index (κ2) is 6.74. The lowest BCUT2D eigenvalue weighted by atomic mass is 10.0. The summed E-state index contributed by atoms with van der Waals surface area (Å²) in [5, 5.41) is 0. The molecule has 26 heavy (non-hydrogen) atoms. The topological polar surface area (TPSA) is 44.2 Å². The molecule has 4 nitrogen and oxygen atoms in total. The van der Waals surface area contributed by atoms with Gasteiger partial charge in [-0.25, -0.2) is 9.97 Å². The molecule has 0 aliphatic heterocycles. The molecule has 0 saturated heterocycles. The van der Waals surface area contributed by atoms with E-state index in [1.54, 1.807) is 19.1 Å². The summed E-state index contributed by atoms with van der Waals surface area (Å²) in [6.45, 7) is -1.25. The van der Waals surface area contributed by atoms with Crippen LogP contribution in [0.1, 0.15) is 5.56 Å². The quantitative estimate of drug-likeness (QED) is 0.599. The molecule has 2 aromatic carbocycles. The van der Waals surface area contributed by atoms with Crippen molar-refractivity contribution in [1.82, 2.24) is 9.97 Å². The van der Waals surface area contributed by atoms with Crippen LogP contribution in [0.5, 0.6) is 11.6 Å². The van der Waals surface area contributed by atoms with Crippen molar-refractivity contribution in [1.29, 1.82) is 0 Å². The Kier molecular flexibility index (Phi) is 4.62. The molecule has 3 rings (SSSR count). The van der Waals surface area contributed by atoms with Gasteiger partial charge in [-0.3, -0.25) is 0 Å². The zero-order chi connectivity index (χ0) is 18.9. The molecule has 0 radical (unpaired) electrons. The lowest BCUT2D eigenvalue weighted by molar-refractivity contribution is -0.274. The van der Waals surface area contributed by atoms with Gasteiger partial charge < -0.3 is 9.47 Å². The molecule has 0 bridgehead atoms. The average Bonchev–Trinajstić information content (AvgIpc) is 2.52. The number of ether oxygens (including phenoxy) is 2. The normalized spacial score (nSPS) is 11.8. The molecule has 0 unspecified atom stereocenters.